The fraction of sp³-hybridized carbons (Fsp3) is 0.421. The van der Waals surface area contributed by atoms with Crippen LogP contribution in [0.3, 0.4) is 0 Å². The highest BCUT2D eigenvalue weighted by atomic mass is 16.5. The number of aromatic hydroxyl groups is 1. The van der Waals surface area contributed by atoms with Gasteiger partial charge in [-0.3, -0.25) is 33.6 Å². The number of phenols is 1. The normalized spacial score (nSPS) is 24.0. The van der Waals surface area contributed by atoms with Crippen LogP contribution in [0.1, 0.15) is 59.4 Å². The molecule has 1 heterocycles. The monoisotopic (exact) mass is 765 g/mol. The molecule has 2 rings (SSSR count). The smallest absolute Gasteiger partial charge is 0.329 e. The summed E-state index contributed by atoms with van der Waals surface area (Å²) in [6.45, 7) is 7.87. The first-order valence-corrected chi connectivity index (χ1v) is 17.7. The van der Waals surface area contributed by atoms with Crippen molar-refractivity contribution in [2.75, 3.05) is 0 Å². The first-order chi connectivity index (χ1) is 25.9. The van der Waals surface area contributed by atoms with Crippen molar-refractivity contribution in [2.45, 2.75) is 90.2 Å². The lowest BCUT2D eigenvalue weighted by Crippen LogP contribution is -2.62. The van der Waals surface area contributed by atoms with Crippen molar-refractivity contribution >= 4 is 53.4 Å². The number of hydrogen-bond acceptors (Lipinski definition) is 10. The minimum atomic E-state index is -1.65. The van der Waals surface area contributed by atoms with E-state index in [1.807, 2.05) is 6.08 Å². The first kappa shape index (κ1) is 44.9. The summed E-state index contributed by atoms with van der Waals surface area (Å²) in [6, 6.07) is -0.923. The standard InChI is InChI=1S/C38H51N7O10/c1-6-22(4)32-38(54)55-23(5)33(43-30(49)14-12-10-8-7-9-11-13-24-15-17-25(46)18-16-24)37(53)44-31(21(2)3)36(52)42-26(19-28(39)47)34(50)41-27(20-29(40)48)35(51)45-32/h7-18,21-23,26-27,31-33,46H,6,19-20H2,1-5H3,(H2,39,47)(H2,40,48)(H,41,50)(H,42,52)(H,43,49)(H,44,53)(H,45,51). The van der Waals surface area contributed by atoms with Gasteiger partial charge in [-0.2, -0.15) is 0 Å². The molecule has 1 aromatic carbocycles. The Labute approximate surface area is 319 Å². The number of carbonyl (C=O) groups is 8. The molecule has 10 N–H and O–H groups in total. The van der Waals surface area contributed by atoms with Crippen molar-refractivity contribution in [1.29, 1.82) is 0 Å². The molecule has 1 aliphatic rings. The van der Waals surface area contributed by atoms with Crippen LogP contribution in [0.25, 0.3) is 6.08 Å². The minimum Gasteiger partial charge on any atom is -0.508 e. The van der Waals surface area contributed by atoms with E-state index < -0.39 is 108 Å². The lowest BCUT2D eigenvalue weighted by Gasteiger charge is -2.31. The van der Waals surface area contributed by atoms with Gasteiger partial charge in [0.15, 0.2) is 0 Å². The fourth-order valence-electron chi connectivity index (χ4n) is 5.13. The van der Waals surface area contributed by atoms with E-state index in [1.165, 1.54) is 13.0 Å². The van der Waals surface area contributed by atoms with E-state index in [2.05, 4.69) is 26.6 Å². The molecule has 55 heavy (non-hydrogen) atoms. The van der Waals surface area contributed by atoms with Crippen LogP contribution in [0, 0.1) is 11.8 Å². The van der Waals surface area contributed by atoms with Gasteiger partial charge >= 0.3 is 5.97 Å². The van der Waals surface area contributed by atoms with Crippen LogP contribution in [-0.2, 0) is 43.1 Å². The third-order valence-corrected chi connectivity index (χ3v) is 8.42. The van der Waals surface area contributed by atoms with E-state index in [0.717, 1.165) is 11.6 Å². The quantitative estimate of drug-likeness (QED) is 0.0750. The molecule has 7 atom stereocenters. The summed E-state index contributed by atoms with van der Waals surface area (Å²) in [5, 5.41) is 21.5. The van der Waals surface area contributed by atoms with Gasteiger partial charge in [-0.25, -0.2) is 4.79 Å². The van der Waals surface area contributed by atoms with Crippen LogP contribution < -0.4 is 38.1 Å². The number of rotatable bonds is 13. The highest BCUT2D eigenvalue weighted by Crippen LogP contribution is 2.15. The molecule has 1 aliphatic heterocycles. The molecular weight excluding hydrogens is 714 g/mol. The number of hydrogen-bond donors (Lipinski definition) is 8. The molecule has 0 spiro atoms. The largest absolute Gasteiger partial charge is 0.508 e. The minimum absolute atomic E-state index is 0.161. The van der Waals surface area contributed by atoms with Crippen molar-refractivity contribution in [2.24, 2.45) is 23.3 Å². The fourth-order valence-corrected chi connectivity index (χ4v) is 5.13. The van der Waals surface area contributed by atoms with E-state index in [9.17, 15) is 43.5 Å². The van der Waals surface area contributed by atoms with Gasteiger partial charge in [0.1, 0.15) is 42.1 Å². The molecule has 298 valence electrons. The summed E-state index contributed by atoms with van der Waals surface area (Å²) in [5.74, 6) is -8.67. The average molecular weight is 766 g/mol. The molecule has 1 aromatic rings. The summed E-state index contributed by atoms with van der Waals surface area (Å²) < 4.78 is 5.63. The summed E-state index contributed by atoms with van der Waals surface area (Å²) in [4.78, 5) is 104. The average Bonchev–Trinajstić information content (AvgIpc) is 3.11. The third kappa shape index (κ3) is 15.3. The molecule has 0 aromatic heterocycles. The van der Waals surface area contributed by atoms with Gasteiger partial charge in [-0.05, 0) is 36.5 Å². The van der Waals surface area contributed by atoms with Gasteiger partial charge in [-0.15, -0.1) is 0 Å². The Morgan fingerprint density at radius 3 is 1.82 bits per heavy atom. The van der Waals surface area contributed by atoms with E-state index in [-0.39, 0.29) is 5.75 Å². The molecule has 0 aliphatic carbocycles. The van der Waals surface area contributed by atoms with Crippen molar-refractivity contribution < 1.29 is 48.2 Å². The van der Waals surface area contributed by atoms with Crippen molar-refractivity contribution in [3.8, 4) is 5.75 Å². The van der Waals surface area contributed by atoms with Crippen LogP contribution in [0.5, 0.6) is 5.75 Å². The van der Waals surface area contributed by atoms with Gasteiger partial charge in [0.25, 0.3) is 0 Å². The topological polar surface area (TPSA) is 278 Å². The number of benzene rings is 1. The number of cyclic esters (lactones) is 1. The number of allylic oxidation sites excluding steroid dienone is 6. The number of amides is 7. The van der Waals surface area contributed by atoms with Gasteiger partial charge in [0.2, 0.25) is 41.4 Å². The van der Waals surface area contributed by atoms with Crippen LogP contribution in [0.2, 0.25) is 0 Å². The third-order valence-electron chi connectivity index (χ3n) is 8.42. The molecule has 0 saturated carbocycles. The van der Waals surface area contributed by atoms with E-state index in [0.29, 0.717) is 6.42 Å². The van der Waals surface area contributed by atoms with E-state index in [1.54, 1.807) is 82.3 Å². The Kier molecular flexibility index (Phi) is 18.0. The summed E-state index contributed by atoms with van der Waals surface area (Å²) >= 11 is 0. The Balaban J connectivity index is 2.44. The zero-order valence-corrected chi connectivity index (χ0v) is 31.4. The SMILES string of the molecule is CCC(C)C1NC(=O)C(CC(N)=O)NC(=O)C(CC(N)=O)NC(=O)C(C(C)C)NC(=O)C(NC(=O)C=CC=CC=CC=Cc2ccc(O)cc2)C(C)OC1=O. The number of ether oxygens (including phenoxy) is 1. The Morgan fingerprint density at radius 2 is 1.27 bits per heavy atom. The second kappa shape index (κ2) is 22.1. The highest BCUT2D eigenvalue weighted by molar-refractivity contribution is 5.99. The summed E-state index contributed by atoms with van der Waals surface area (Å²) in [7, 11) is 0. The van der Waals surface area contributed by atoms with Crippen LogP contribution in [-0.4, -0.2) is 88.7 Å². The molecule has 0 bridgehead atoms. The van der Waals surface area contributed by atoms with E-state index >= 15 is 0 Å². The van der Waals surface area contributed by atoms with Gasteiger partial charge in [-0.1, -0.05) is 88.8 Å². The molecule has 7 unspecified atom stereocenters. The zero-order valence-electron chi connectivity index (χ0n) is 31.4. The van der Waals surface area contributed by atoms with Crippen LogP contribution >= 0.6 is 0 Å². The Hall–Kier alpha value is -6.26. The van der Waals surface area contributed by atoms with Crippen molar-refractivity contribution in [3.63, 3.8) is 0 Å². The predicted octanol–water partition coefficient (Wildman–Crippen LogP) is -0.104. The molecule has 1 saturated heterocycles. The molecular formula is C38H51N7O10. The number of carbonyl (C=O) groups excluding carboxylic acids is 8. The second-order valence-electron chi connectivity index (χ2n) is 13.3. The van der Waals surface area contributed by atoms with Crippen LogP contribution in [0.15, 0.2) is 66.8 Å². The van der Waals surface area contributed by atoms with E-state index in [4.69, 9.17) is 16.2 Å². The predicted molar refractivity (Wildman–Crippen MR) is 202 cm³/mol. The lowest BCUT2D eigenvalue weighted by molar-refractivity contribution is -0.157. The number of esters is 1. The van der Waals surface area contributed by atoms with Crippen LogP contribution in [0.4, 0.5) is 0 Å². The molecule has 17 heteroatoms. The Morgan fingerprint density at radius 1 is 0.764 bits per heavy atom. The van der Waals surface area contributed by atoms with Crippen molar-refractivity contribution in [3.05, 3.63) is 72.4 Å². The number of nitrogens with one attached hydrogen (secondary N) is 5. The highest BCUT2D eigenvalue weighted by Gasteiger charge is 2.39. The maximum absolute atomic E-state index is 13.8. The number of phenolic OH excluding ortho intramolecular Hbond substituents is 1. The van der Waals surface area contributed by atoms with Gasteiger partial charge < -0.3 is 47.9 Å². The maximum Gasteiger partial charge on any atom is 0.329 e. The zero-order chi connectivity index (χ0) is 41.2. The number of nitrogens with two attached hydrogens (primary N) is 2. The van der Waals surface area contributed by atoms with Gasteiger partial charge in [0, 0.05) is 6.08 Å². The summed E-state index contributed by atoms with van der Waals surface area (Å²) in [5.41, 5.74) is 11.6. The molecule has 0 radical (unpaired) electrons. The number of primary amides is 2. The first-order valence-electron chi connectivity index (χ1n) is 17.7. The lowest BCUT2D eigenvalue weighted by atomic mass is 9.98. The Bertz CT molecular complexity index is 1690. The van der Waals surface area contributed by atoms with Gasteiger partial charge in [0.05, 0.1) is 12.8 Å². The maximum atomic E-state index is 13.8. The second-order valence-corrected chi connectivity index (χ2v) is 13.3. The molecule has 17 nitrogen and oxygen atoms in total. The van der Waals surface area contributed by atoms with Crippen molar-refractivity contribution in [1.82, 2.24) is 26.6 Å². The summed E-state index contributed by atoms with van der Waals surface area (Å²) in [6.07, 6.45) is 10.3. The molecule has 7 amide bonds. The molecule has 1 fully saturated rings.